The summed E-state index contributed by atoms with van der Waals surface area (Å²) < 4.78 is 19.1. The molecule has 1 aromatic carbocycles. The van der Waals surface area contributed by atoms with Gasteiger partial charge in [0.25, 0.3) is 0 Å². The minimum absolute atomic E-state index is 0.628. The van der Waals surface area contributed by atoms with Gasteiger partial charge < -0.3 is 0 Å². The van der Waals surface area contributed by atoms with E-state index in [1.165, 1.54) is 0 Å². The molecule has 0 aliphatic rings. The molecule has 2 nitrogen and oxygen atoms in total. The molecular formula is C6H6BrO2Se+. The topological polar surface area (TPSA) is 40.5 Å². The molecule has 0 spiro atoms. The first-order valence-electron chi connectivity index (χ1n) is 2.58. The van der Waals surface area contributed by atoms with Gasteiger partial charge in [-0.1, -0.05) is 0 Å². The van der Waals surface area contributed by atoms with Gasteiger partial charge >= 0.3 is 72.1 Å². The van der Waals surface area contributed by atoms with Crippen LogP contribution in [0.25, 0.3) is 0 Å². The Morgan fingerprint density at radius 1 is 1.10 bits per heavy atom. The normalized spacial score (nSPS) is 10.4. The zero-order valence-corrected chi connectivity index (χ0v) is 8.29. The van der Waals surface area contributed by atoms with E-state index < -0.39 is 14.6 Å². The van der Waals surface area contributed by atoms with Gasteiger partial charge in [0.2, 0.25) is 0 Å². The van der Waals surface area contributed by atoms with E-state index in [0.717, 1.165) is 4.47 Å². The molecule has 54 valence electrons. The quantitative estimate of drug-likeness (QED) is 0.711. The number of rotatable bonds is 1. The summed E-state index contributed by atoms with van der Waals surface area (Å²) in [6.45, 7) is 0. The van der Waals surface area contributed by atoms with Crippen molar-refractivity contribution in [1.82, 2.24) is 0 Å². The van der Waals surface area contributed by atoms with Gasteiger partial charge in [0.05, 0.1) is 0 Å². The van der Waals surface area contributed by atoms with Gasteiger partial charge in [-0.25, -0.2) is 0 Å². The number of halogens is 1. The van der Waals surface area contributed by atoms with Gasteiger partial charge in [-0.2, -0.15) is 0 Å². The second-order valence-electron chi connectivity index (χ2n) is 1.72. The molecule has 0 bridgehead atoms. The predicted octanol–water partition coefficient (Wildman–Crippen LogP) is 0.129. The summed E-state index contributed by atoms with van der Waals surface area (Å²) >= 11 is 0.795. The first-order chi connectivity index (χ1) is 4.70. The molecule has 0 aromatic heterocycles. The number of hydrogen-bond acceptors (Lipinski definition) is 2. The predicted molar refractivity (Wildman–Crippen MR) is 44.0 cm³/mol. The summed E-state index contributed by atoms with van der Waals surface area (Å²) in [5, 5.41) is 0. The zero-order valence-electron chi connectivity index (χ0n) is 4.99. The fraction of sp³-hybridized carbons (Fsp3) is 0. The molecule has 1 aromatic rings. The van der Waals surface area contributed by atoms with Crippen LogP contribution in [0.3, 0.4) is 0 Å². The van der Waals surface area contributed by atoms with Crippen molar-refractivity contribution in [3.8, 4) is 0 Å². The van der Waals surface area contributed by atoms with E-state index in [1.54, 1.807) is 24.3 Å². The number of benzene rings is 1. The summed E-state index contributed by atoms with van der Waals surface area (Å²) in [6.07, 6.45) is 0. The van der Waals surface area contributed by atoms with Gasteiger partial charge in [-0.15, -0.1) is 0 Å². The average Bonchev–Trinajstić information content (AvgIpc) is 1.88. The van der Waals surface area contributed by atoms with Gasteiger partial charge in [0, 0.05) is 0 Å². The molecule has 0 aliphatic heterocycles. The third-order valence-corrected chi connectivity index (χ3v) is 3.01. The van der Waals surface area contributed by atoms with Crippen LogP contribution in [0.2, 0.25) is 0 Å². The molecule has 0 atom stereocenters. The second-order valence-corrected chi connectivity index (χ2v) is 4.73. The Morgan fingerprint density at radius 3 is 2.00 bits per heavy atom. The van der Waals surface area contributed by atoms with Crippen LogP contribution in [0, 0.1) is 0 Å². The van der Waals surface area contributed by atoms with Crippen LogP contribution < -0.4 is 4.46 Å². The maximum atomic E-state index is 8.78. The molecule has 4 heteroatoms. The van der Waals surface area contributed by atoms with Crippen molar-refractivity contribution >= 4 is 35.0 Å². The van der Waals surface area contributed by atoms with Crippen LogP contribution in [0.15, 0.2) is 28.7 Å². The Labute approximate surface area is 72.2 Å². The van der Waals surface area contributed by atoms with Crippen LogP contribution in [-0.4, -0.2) is 22.9 Å². The summed E-state index contributed by atoms with van der Waals surface area (Å²) in [4.78, 5) is 0. The molecule has 0 fully saturated rings. The molecule has 10 heavy (non-hydrogen) atoms. The van der Waals surface area contributed by atoms with Crippen LogP contribution in [0.4, 0.5) is 0 Å². The van der Waals surface area contributed by atoms with Crippen molar-refractivity contribution in [2.45, 2.75) is 0 Å². The first-order valence-corrected chi connectivity index (χ1v) is 5.76. The second kappa shape index (κ2) is 3.51. The first kappa shape index (κ1) is 8.24. The van der Waals surface area contributed by atoms with Crippen LogP contribution in [0.5, 0.6) is 0 Å². The van der Waals surface area contributed by atoms with E-state index in [2.05, 4.69) is 15.9 Å². The summed E-state index contributed by atoms with van der Waals surface area (Å²) in [5.41, 5.74) is 0. The summed E-state index contributed by atoms with van der Waals surface area (Å²) in [5.74, 6) is 0. The van der Waals surface area contributed by atoms with Crippen molar-refractivity contribution < 1.29 is 8.38 Å². The van der Waals surface area contributed by atoms with E-state index in [9.17, 15) is 0 Å². The Morgan fingerprint density at radius 2 is 1.60 bits per heavy atom. The molecule has 0 aliphatic carbocycles. The Hall–Kier alpha value is 0.139. The van der Waals surface area contributed by atoms with Gasteiger partial charge in [-0.3, -0.25) is 0 Å². The molecule has 1 rings (SSSR count). The van der Waals surface area contributed by atoms with E-state index in [1.807, 2.05) is 0 Å². The summed E-state index contributed by atoms with van der Waals surface area (Å²) in [6, 6.07) is 6.99. The molecule has 0 heterocycles. The molecule has 0 amide bonds. The van der Waals surface area contributed by atoms with Gasteiger partial charge in [0.15, 0.2) is 0 Å². The van der Waals surface area contributed by atoms with Crippen molar-refractivity contribution in [2.24, 2.45) is 0 Å². The Kier molecular flexibility index (Phi) is 2.89. The average molecular weight is 269 g/mol. The molecule has 0 saturated heterocycles. The Bertz CT molecular complexity index is 209. The van der Waals surface area contributed by atoms with E-state index in [0.29, 0.717) is 4.46 Å². The van der Waals surface area contributed by atoms with E-state index >= 15 is 0 Å². The third-order valence-electron chi connectivity index (χ3n) is 1.02. The molecule has 0 radical (unpaired) electrons. The molecule has 0 saturated carbocycles. The number of hydrogen-bond donors (Lipinski definition) is 2. The van der Waals surface area contributed by atoms with E-state index in [-0.39, 0.29) is 0 Å². The minimum atomic E-state index is -2.45. The van der Waals surface area contributed by atoms with Crippen molar-refractivity contribution in [3.63, 3.8) is 0 Å². The van der Waals surface area contributed by atoms with Crippen LogP contribution in [-0.2, 0) is 0 Å². The summed E-state index contributed by atoms with van der Waals surface area (Å²) in [7, 11) is 0. The van der Waals surface area contributed by atoms with E-state index in [4.69, 9.17) is 8.38 Å². The van der Waals surface area contributed by atoms with Crippen LogP contribution >= 0.6 is 15.9 Å². The SMILES string of the molecule is O[Se+](O)c1ccc(Br)cc1. The molecular weight excluding hydrogens is 263 g/mol. The van der Waals surface area contributed by atoms with Crippen molar-refractivity contribution in [3.05, 3.63) is 28.7 Å². The standard InChI is InChI=1S/C6H6BrO2Se/c7-5-1-3-6(4-2-5)10(8)9/h1-4,8-9H/q+1. The molecule has 0 unspecified atom stereocenters. The maximum absolute atomic E-state index is 8.78. The van der Waals surface area contributed by atoms with Crippen molar-refractivity contribution in [1.29, 1.82) is 0 Å². The monoisotopic (exact) mass is 269 g/mol. The van der Waals surface area contributed by atoms with Crippen molar-refractivity contribution in [2.75, 3.05) is 0 Å². The van der Waals surface area contributed by atoms with Gasteiger partial charge in [-0.05, 0) is 0 Å². The molecule has 2 N–H and O–H groups in total. The third kappa shape index (κ3) is 2.08. The fourth-order valence-corrected chi connectivity index (χ4v) is 1.62. The van der Waals surface area contributed by atoms with Gasteiger partial charge in [0.1, 0.15) is 0 Å². The zero-order chi connectivity index (χ0) is 7.56. The van der Waals surface area contributed by atoms with Crippen LogP contribution in [0.1, 0.15) is 0 Å². The Balaban J connectivity index is 2.89. The fourth-order valence-electron chi connectivity index (χ4n) is 0.556.